The summed E-state index contributed by atoms with van der Waals surface area (Å²) in [6.45, 7) is 1.12. The molecule has 1 aliphatic rings. The van der Waals surface area contributed by atoms with E-state index in [0.29, 0.717) is 6.04 Å². The first-order chi connectivity index (χ1) is 8.33. The lowest BCUT2D eigenvalue weighted by Crippen LogP contribution is -2.12. The normalized spacial score (nSPS) is 19.7. The maximum absolute atomic E-state index is 4.74. The molecule has 1 aromatic heterocycles. The monoisotopic (exact) mass is 308 g/mol. The fraction of sp³-hybridized carbons (Fsp3) is 0.308. The first-order valence-corrected chi connectivity index (χ1v) is 7.45. The average molecular weight is 309 g/mol. The van der Waals surface area contributed by atoms with E-state index in [0.717, 1.165) is 16.0 Å². The molecule has 2 heterocycles. The molecule has 0 spiro atoms. The average Bonchev–Trinajstić information content (AvgIpc) is 3.00. The molecule has 1 fully saturated rings. The lowest BCUT2D eigenvalue weighted by Gasteiger charge is -2.05. The van der Waals surface area contributed by atoms with Gasteiger partial charge in [0.05, 0.1) is 11.7 Å². The van der Waals surface area contributed by atoms with E-state index in [1.165, 1.54) is 24.1 Å². The molecule has 0 saturated carbocycles. The summed E-state index contributed by atoms with van der Waals surface area (Å²) in [4.78, 5) is 4.74. The summed E-state index contributed by atoms with van der Waals surface area (Å²) in [6, 6.07) is 8.78. The van der Waals surface area contributed by atoms with Crippen molar-refractivity contribution in [2.75, 3.05) is 6.54 Å². The number of benzene rings is 1. The SMILES string of the molecule is Brc1cccc(-c2nc(C3CCCN3)cs2)c1. The molecule has 4 heteroatoms. The Morgan fingerprint density at radius 3 is 3.12 bits per heavy atom. The van der Waals surface area contributed by atoms with Gasteiger partial charge in [-0.2, -0.15) is 0 Å². The van der Waals surface area contributed by atoms with E-state index in [2.05, 4.69) is 38.8 Å². The van der Waals surface area contributed by atoms with Gasteiger partial charge in [-0.3, -0.25) is 0 Å². The number of hydrogen-bond acceptors (Lipinski definition) is 3. The molecular weight excluding hydrogens is 296 g/mol. The highest BCUT2D eigenvalue weighted by atomic mass is 79.9. The summed E-state index contributed by atoms with van der Waals surface area (Å²) in [5.74, 6) is 0. The van der Waals surface area contributed by atoms with E-state index in [-0.39, 0.29) is 0 Å². The van der Waals surface area contributed by atoms with Crippen molar-refractivity contribution in [3.05, 3.63) is 39.8 Å². The van der Waals surface area contributed by atoms with Crippen LogP contribution in [-0.2, 0) is 0 Å². The highest BCUT2D eigenvalue weighted by Gasteiger charge is 2.19. The van der Waals surface area contributed by atoms with Crippen LogP contribution in [-0.4, -0.2) is 11.5 Å². The van der Waals surface area contributed by atoms with Gasteiger partial charge in [-0.15, -0.1) is 11.3 Å². The molecule has 1 saturated heterocycles. The van der Waals surface area contributed by atoms with Gasteiger partial charge in [-0.1, -0.05) is 28.1 Å². The molecule has 3 rings (SSSR count). The first kappa shape index (κ1) is 11.4. The molecule has 1 aromatic carbocycles. The van der Waals surface area contributed by atoms with Crippen molar-refractivity contribution >= 4 is 27.3 Å². The number of rotatable bonds is 2. The maximum Gasteiger partial charge on any atom is 0.123 e. The van der Waals surface area contributed by atoms with Crippen LogP contribution in [0.4, 0.5) is 0 Å². The molecule has 0 amide bonds. The highest BCUT2D eigenvalue weighted by Crippen LogP contribution is 2.30. The Labute approximate surface area is 113 Å². The Bertz CT molecular complexity index is 518. The Hall–Kier alpha value is -0.710. The van der Waals surface area contributed by atoms with Crippen LogP contribution in [0.1, 0.15) is 24.6 Å². The van der Waals surface area contributed by atoms with E-state index < -0.39 is 0 Å². The lowest BCUT2D eigenvalue weighted by atomic mass is 10.2. The summed E-state index contributed by atoms with van der Waals surface area (Å²) in [5.41, 5.74) is 2.39. The smallest absolute Gasteiger partial charge is 0.123 e. The van der Waals surface area contributed by atoms with Gasteiger partial charge < -0.3 is 5.32 Å². The van der Waals surface area contributed by atoms with E-state index >= 15 is 0 Å². The lowest BCUT2D eigenvalue weighted by molar-refractivity contribution is 0.632. The second kappa shape index (κ2) is 4.88. The van der Waals surface area contributed by atoms with Crippen molar-refractivity contribution in [1.29, 1.82) is 0 Å². The summed E-state index contributed by atoms with van der Waals surface area (Å²) in [7, 11) is 0. The zero-order valence-electron chi connectivity index (χ0n) is 9.32. The van der Waals surface area contributed by atoms with E-state index in [1.807, 2.05) is 12.1 Å². The molecule has 2 aromatic rings. The van der Waals surface area contributed by atoms with Crippen molar-refractivity contribution in [2.45, 2.75) is 18.9 Å². The van der Waals surface area contributed by atoms with Crippen LogP contribution >= 0.6 is 27.3 Å². The molecule has 0 bridgehead atoms. The van der Waals surface area contributed by atoms with Crippen LogP contribution in [0.3, 0.4) is 0 Å². The van der Waals surface area contributed by atoms with Gasteiger partial charge in [0.2, 0.25) is 0 Å². The van der Waals surface area contributed by atoms with Crippen LogP contribution in [0.2, 0.25) is 0 Å². The summed E-state index contributed by atoms with van der Waals surface area (Å²) < 4.78 is 1.10. The van der Waals surface area contributed by atoms with Crippen molar-refractivity contribution < 1.29 is 0 Å². The number of halogens is 1. The molecule has 0 aliphatic carbocycles. The molecular formula is C13H13BrN2S. The minimum absolute atomic E-state index is 0.465. The summed E-state index contributed by atoms with van der Waals surface area (Å²) in [5, 5.41) is 6.77. The van der Waals surface area contributed by atoms with Gasteiger partial charge in [0.25, 0.3) is 0 Å². The largest absolute Gasteiger partial charge is 0.309 e. The van der Waals surface area contributed by atoms with Gasteiger partial charge in [0.1, 0.15) is 5.01 Å². The molecule has 88 valence electrons. The van der Waals surface area contributed by atoms with Crippen molar-refractivity contribution in [2.24, 2.45) is 0 Å². The standard InChI is InChI=1S/C13H13BrN2S/c14-10-4-1-3-9(7-10)13-16-12(8-17-13)11-5-2-6-15-11/h1,3-4,7-8,11,15H,2,5-6H2. The van der Waals surface area contributed by atoms with Crippen LogP contribution < -0.4 is 5.32 Å². The predicted octanol–water partition coefficient (Wildman–Crippen LogP) is 4.00. The third kappa shape index (κ3) is 2.44. The van der Waals surface area contributed by atoms with Gasteiger partial charge in [-0.05, 0) is 31.5 Å². The minimum atomic E-state index is 0.465. The Balaban J connectivity index is 1.89. The van der Waals surface area contributed by atoms with Crippen LogP contribution in [0, 0.1) is 0 Å². The zero-order chi connectivity index (χ0) is 11.7. The van der Waals surface area contributed by atoms with E-state index in [4.69, 9.17) is 4.98 Å². The zero-order valence-corrected chi connectivity index (χ0v) is 11.7. The Morgan fingerprint density at radius 2 is 2.35 bits per heavy atom. The number of thiazole rings is 1. The number of hydrogen-bond donors (Lipinski definition) is 1. The minimum Gasteiger partial charge on any atom is -0.309 e. The van der Waals surface area contributed by atoms with Crippen molar-refractivity contribution in [3.8, 4) is 10.6 Å². The van der Waals surface area contributed by atoms with Crippen LogP contribution in [0.5, 0.6) is 0 Å². The summed E-state index contributed by atoms with van der Waals surface area (Å²) in [6.07, 6.45) is 2.47. The van der Waals surface area contributed by atoms with Gasteiger partial charge in [0, 0.05) is 15.4 Å². The number of nitrogens with zero attached hydrogens (tertiary/aromatic N) is 1. The number of nitrogens with one attached hydrogen (secondary N) is 1. The van der Waals surface area contributed by atoms with Gasteiger partial charge >= 0.3 is 0 Å². The topological polar surface area (TPSA) is 24.9 Å². The molecule has 2 nitrogen and oxygen atoms in total. The first-order valence-electron chi connectivity index (χ1n) is 5.78. The molecule has 1 N–H and O–H groups in total. The van der Waals surface area contributed by atoms with E-state index in [9.17, 15) is 0 Å². The summed E-state index contributed by atoms with van der Waals surface area (Å²) >= 11 is 5.22. The third-order valence-corrected chi connectivity index (χ3v) is 4.41. The van der Waals surface area contributed by atoms with Crippen molar-refractivity contribution in [1.82, 2.24) is 10.3 Å². The van der Waals surface area contributed by atoms with Gasteiger partial charge in [-0.25, -0.2) is 4.98 Å². The van der Waals surface area contributed by atoms with E-state index in [1.54, 1.807) is 11.3 Å². The molecule has 1 atom stereocenters. The predicted molar refractivity (Wildman–Crippen MR) is 75.2 cm³/mol. The number of aromatic nitrogens is 1. The maximum atomic E-state index is 4.74. The fourth-order valence-electron chi connectivity index (χ4n) is 2.14. The molecule has 17 heavy (non-hydrogen) atoms. The second-order valence-corrected chi connectivity index (χ2v) is 6.01. The van der Waals surface area contributed by atoms with Crippen molar-refractivity contribution in [3.63, 3.8) is 0 Å². The fourth-order valence-corrected chi connectivity index (χ4v) is 3.41. The van der Waals surface area contributed by atoms with Crippen LogP contribution in [0.25, 0.3) is 10.6 Å². The third-order valence-electron chi connectivity index (χ3n) is 3.01. The molecule has 0 radical (unpaired) electrons. The highest BCUT2D eigenvalue weighted by molar-refractivity contribution is 9.10. The quantitative estimate of drug-likeness (QED) is 0.907. The molecule has 1 aliphatic heterocycles. The second-order valence-electron chi connectivity index (χ2n) is 4.24. The van der Waals surface area contributed by atoms with Crippen LogP contribution in [0.15, 0.2) is 34.1 Å². The van der Waals surface area contributed by atoms with Gasteiger partial charge in [0.15, 0.2) is 0 Å². The Morgan fingerprint density at radius 1 is 1.41 bits per heavy atom. The molecule has 1 unspecified atom stereocenters. The Kier molecular flexibility index (Phi) is 3.27.